The van der Waals surface area contributed by atoms with E-state index < -0.39 is 34.2 Å². The lowest BCUT2D eigenvalue weighted by Gasteiger charge is -2.13. The third-order valence-corrected chi connectivity index (χ3v) is 3.80. The Kier molecular flexibility index (Phi) is 4.28. The lowest BCUT2D eigenvalue weighted by molar-refractivity contribution is 0.0692. The third-order valence-electron chi connectivity index (χ3n) is 2.15. The molecule has 5 N–H and O–H groups in total. The van der Waals surface area contributed by atoms with Crippen molar-refractivity contribution >= 4 is 21.7 Å². The number of hydrogen-bond acceptors (Lipinski definition) is 5. The minimum absolute atomic E-state index is 0.154. The average Bonchev–Trinajstić information content (AvgIpc) is 2.27. The van der Waals surface area contributed by atoms with Gasteiger partial charge in [0.05, 0.1) is 17.1 Å². The van der Waals surface area contributed by atoms with Crippen molar-refractivity contribution in [2.45, 2.75) is 17.9 Å². The summed E-state index contributed by atoms with van der Waals surface area (Å²) in [7, 11) is -4.01. The van der Waals surface area contributed by atoms with Crippen LogP contribution in [-0.4, -0.2) is 37.2 Å². The number of aliphatic hydroxyl groups excluding tert-OH is 1. The van der Waals surface area contributed by atoms with E-state index in [0.717, 1.165) is 12.1 Å². The summed E-state index contributed by atoms with van der Waals surface area (Å²) in [4.78, 5) is 10.6. The molecule has 100 valence electrons. The smallest absolute Gasteiger partial charge is 0.337 e. The summed E-state index contributed by atoms with van der Waals surface area (Å²) in [5.41, 5.74) is 5.16. The Hall–Kier alpha value is -1.64. The van der Waals surface area contributed by atoms with Crippen LogP contribution in [0.4, 0.5) is 5.69 Å². The second kappa shape index (κ2) is 5.34. The molecule has 0 unspecified atom stereocenters. The van der Waals surface area contributed by atoms with Gasteiger partial charge in [0.25, 0.3) is 0 Å². The average molecular weight is 274 g/mol. The summed E-state index contributed by atoms with van der Waals surface area (Å²) in [5.74, 6) is -1.39. The molecule has 0 radical (unpaired) electrons. The summed E-state index contributed by atoms with van der Waals surface area (Å²) in [6.45, 7) is 1.06. The number of nitrogens with one attached hydrogen (secondary N) is 1. The number of nitrogen functional groups attached to an aromatic ring is 1. The fourth-order valence-corrected chi connectivity index (χ4v) is 2.73. The highest BCUT2D eigenvalue weighted by molar-refractivity contribution is 7.89. The van der Waals surface area contributed by atoms with Gasteiger partial charge in [-0.15, -0.1) is 0 Å². The zero-order chi connectivity index (χ0) is 13.9. The van der Waals surface area contributed by atoms with Crippen LogP contribution in [0.5, 0.6) is 0 Å². The molecule has 0 aromatic heterocycles. The van der Waals surface area contributed by atoms with Gasteiger partial charge in [0.15, 0.2) is 0 Å². The summed E-state index contributed by atoms with van der Waals surface area (Å²) < 4.78 is 26.0. The number of sulfonamides is 1. The fourth-order valence-electron chi connectivity index (χ4n) is 1.31. The van der Waals surface area contributed by atoms with Crippen LogP contribution in [0.2, 0.25) is 0 Å². The minimum Gasteiger partial charge on any atom is -0.478 e. The summed E-state index contributed by atoms with van der Waals surface area (Å²) in [6, 6.07) is 2.77. The number of aromatic carboxylic acids is 1. The van der Waals surface area contributed by atoms with E-state index in [2.05, 4.69) is 4.72 Å². The maximum Gasteiger partial charge on any atom is 0.337 e. The fraction of sp³-hybridized carbons (Fsp3) is 0.300. The van der Waals surface area contributed by atoms with E-state index in [1.54, 1.807) is 0 Å². The van der Waals surface area contributed by atoms with Crippen molar-refractivity contribution in [1.82, 2.24) is 4.72 Å². The van der Waals surface area contributed by atoms with Gasteiger partial charge in [-0.25, -0.2) is 17.9 Å². The second-order valence-corrected chi connectivity index (χ2v) is 5.45. The summed E-state index contributed by atoms with van der Waals surface area (Å²) in [5, 5.41) is 17.8. The van der Waals surface area contributed by atoms with Crippen molar-refractivity contribution in [3.8, 4) is 0 Å². The molecule has 0 aliphatic carbocycles. The molecule has 0 fully saturated rings. The van der Waals surface area contributed by atoms with Crippen molar-refractivity contribution in [3.63, 3.8) is 0 Å². The van der Waals surface area contributed by atoms with Crippen LogP contribution in [-0.2, 0) is 10.0 Å². The van der Waals surface area contributed by atoms with E-state index >= 15 is 0 Å². The first-order chi connectivity index (χ1) is 8.27. The van der Waals surface area contributed by atoms with Crippen LogP contribution >= 0.6 is 0 Å². The number of benzene rings is 1. The molecule has 0 saturated heterocycles. The molecule has 0 spiro atoms. The van der Waals surface area contributed by atoms with Crippen molar-refractivity contribution in [2.75, 3.05) is 12.3 Å². The molecule has 1 aromatic rings. The van der Waals surface area contributed by atoms with Gasteiger partial charge in [0.2, 0.25) is 10.0 Å². The number of hydrogen-bond donors (Lipinski definition) is 4. The molecule has 18 heavy (non-hydrogen) atoms. The van der Waals surface area contributed by atoms with Crippen molar-refractivity contribution in [1.29, 1.82) is 0 Å². The molecule has 7 nitrogen and oxygen atoms in total. The lowest BCUT2D eigenvalue weighted by atomic mass is 10.2. The number of carbonyl (C=O) groups is 1. The maximum absolute atomic E-state index is 11.9. The zero-order valence-electron chi connectivity index (χ0n) is 9.62. The van der Waals surface area contributed by atoms with Gasteiger partial charge in [-0.1, -0.05) is 0 Å². The van der Waals surface area contributed by atoms with Gasteiger partial charge in [-0.05, 0) is 25.1 Å². The van der Waals surface area contributed by atoms with Crippen LogP contribution in [0.3, 0.4) is 0 Å². The first-order valence-electron chi connectivity index (χ1n) is 5.04. The first-order valence-corrected chi connectivity index (χ1v) is 6.52. The van der Waals surface area contributed by atoms with E-state index in [1.807, 2.05) is 0 Å². The number of anilines is 1. The molecule has 0 heterocycles. The number of aliphatic hydroxyl groups is 1. The van der Waals surface area contributed by atoms with Gasteiger partial charge in [0.1, 0.15) is 0 Å². The Morgan fingerprint density at radius 1 is 1.50 bits per heavy atom. The molecule has 1 rings (SSSR count). The molecule has 0 bridgehead atoms. The SMILES string of the molecule is C[C@@H](CO)NS(=O)(=O)c1ccc(N)cc1C(=O)O. The predicted octanol–water partition coefficient (Wildman–Crippen LogP) is -0.374. The summed E-state index contributed by atoms with van der Waals surface area (Å²) in [6.07, 6.45) is 0. The highest BCUT2D eigenvalue weighted by Crippen LogP contribution is 2.19. The summed E-state index contributed by atoms with van der Waals surface area (Å²) >= 11 is 0. The van der Waals surface area contributed by atoms with Crippen LogP contribution in [0, 0.1) is 0 Å². The Balaban J connectivity index is 3.28. The van der Waals surface area contributed by atoms with Gasteiger partial charge in [0, 0.05) is 11.7 Å². The van der Waals surface area contributed by atoms with Gasteiger partial charge in [-0.2, -0.15) is 0 Å². The van der Waals surface area contributed by atoms with Crippen LogP contribution in [0.1, 0.15) is 17.3 Å². The first kappa shape index (κ1) is 14.4. The molecule has 0 saturated carbocycles. The van der Waals surface area contributed by atoms with E-state index in [4.69, 9.17) is 15.9 Å². The molecule has 0 aliphatic rings. The van der Waals surface area contributed by atoms with Crippen molar-refractivity contribution < 1.29 is 23.4 Å². The van der Waals surface area contributed by atoms with E-state index in [0.29, 0.717) is 0 Å². The topological polar surface area (TPSA) is 130 Å². The van der Waals surface area contributed by atoms with Crippen LogP contribution < -0.4 is 10.5 Å². The molecule has 1 atom stereocenters. The Morgan fingerprint density at radius 3 is 2.61 bits per heavy atom. The molecule has 0 aliphatic heterocycles. The lowest BCUT2D eigenvalue weighted by Crippen LogP contribution is -2.35. The maximum atomic E-state index is 11.9. The number of rotatable bonds is 5. The number of nitrogens with two attached hydrogens (primary N) is 1. The minimum atomic E-state index is -4.01. The van der Waals surface area contributed by atoms with Crippen LogP contribution in [0.25, 0.3) is 0 Å². The number of carboxylic acids is 1. The van der Waals surface area contributed by atoms with Crippen molar-refractivity contribution in [3.05, 3.63) is 23.8 Å². The van der Waals surface area contributed by atoms with Gasteiger partial charge < -0.3 is 15.9 Å². The Bertz CT molecular complexity index is 555. The highest BCUT2D eigenvalue weighted by Gasteiger charge is 2.23. The van der Waals surface area contributed by atoms with Gasteiger partial charge in [-0.3, -0.25) is 0 Å². The standard InChI is InChI=1S/C10H14N2O5S/c1-6(5-13)12-18(16,17)9-3-2-7(11)4-8(9)10(14)15/h2-4,6,12-13H,5,11H2,1H3,(H,14,15)/t6-/m0/s1. The molecular weight excluding hydrogens is 260 g/mol. The van der Waals surface area contributed by atoms with E-state index in [1.165, 1.54) is 13.0 Å². The van der Waals surface area contributed by atoms with E-state index in [9.17, 15) is 13.2 Å². The monoisotopic (exact) mass is 274 g/mol. The Morgan fingerprint density at radius 2 is 2.11 bits per heavy atom. The zero-order valence-corrected chi connectivity index (χ0v) is 10.4. The third kappa shape index (κ3) is 3.19. The van der Waals surface area contributed by atoms with Crippen molar-refractivity contribution in [2.24, 2.45) is 0 Å². The van der Waals surface area contributed by atoms with Gasteiger partial charge >= 0.3 is 5.97 Å². The molecule has 8 heteroatoms. The normalized spacial score (nSPS) is 13.2. The van der Waals surface area contributed by atoms with E-state index in [-0.39, 0.29) is 10.6 Å². The molecule has 0 amide bonds. The Labute approximate surface area is 104 Å². The molecular formula is C10H14N2O5S. The molecule has 1 aromatic carbocycles. The quantitative estimate of drug-likeness (QED) is 0.542. The largest absolute Gasteiger partial charge is 0.478 e. The second-order valence-electron chi connectivity index (χ2n) is 3.77. The highest BCUT2D eigenvalue weighted by atomic mass is 32.2. The number of carboxylic acid groups (broad SMARTS) is 1. The predicted molar refractivity (Wildman–Crippen MR) is 64.7 cm³/mol. The van der Waals surface area contributed by atoms with Crippen LogP contribution in [0.15, 0.2) is 23.1 Å².